The van der Waals surface area contributed by atoms with Crippen LogP contribution < -0.4 is 15.4 Å². The van der Waals surface area contributed by atoms with E-state index in [-0.39, 0.29) is 5.75 Å². The molecule has 2 rings (SSSR count). The van der Waals surface area contributed by atoms with E-state index in [9.17, 15) is 5.11 Å². The molecule has 0 spiro atoms. The van der Waals surface area contributed by atoms with Gasteiger partial charge in [0.2, 0.25) is 0 Å². The largest absolute Gasteiger partial charge is 0.504 e. The van der Waals surface area contributed by atoms with Gasteiger partial charge in [0.15, 0.2) is 17.5 Å². The third-order valence-corrected chi connectivity index (χ3v) is 4.41. The number of rotatable bonds is 6. The number of nitrogens with one attached hydrogen (secondary N) is 2. The number of benzene rings is 1. The lowest BCUT2D eigenvalue weighted by molar-refractivity contribution is 0.373. The molecule has 0 saturated heterocycles. The molecule has 1 aromatic heterocycles. The van der Waals surface area contributed by atoms with Crippen molar-refractivity contribution in [1.29, 1.82) is 0 Å². The summed E-state index contributed by atoms with van der Waals surface area (Å²) in [5.41, 5.74) is 2.21. The number of thiophene rings is 1. The summed E-state index contributed by atoms with van der Waals surface area (Å²) < 4.78 is 5.05. The van der Waals surface area contributed by atoms with Gasteiger partial charge < -0.3 is 20.5 Å². The molecule has 0 fully saturated rings. The molecule has 0 unspecified atom stereocenters. The van der Waals surface area contributed by atoms with Crippen molar-refractivity contribution in [2.24, 2.45) is 4.99 Å². The zero-order valence-corrected chi connectivity index (χ0v) is 14.5. The third-order valence-electron chi connectivity index (χ3n) is 3.39. The highest BCUT2D eigenvalue weighted by molar-refractivity contribution is 7.10. The number of methoxy groups -OCH3 is 1. The van der Waals surface area contributed by atoms with Crippen LogP contribution in [0.25, 0.3) is 0 Å². The Morgan fingerprint density at radius 2 is 2.13 bits per heavy atom. The summed E-state index contributed by atoms with van der Waals surface area (Å²) in [7, 11) is 1.53. The molecule has 0 saturated carbocycles. The van der Waals surface area contributed by atoms with Crippen LogP contribution in [0.15, 0.2) is 34.6 Å². The first kappa shape index (κ1) is 17.1. The second kappa shape index (κ2) is 8.43. The van der Waals surface area contributed by atoms with E-state index >= 15 is 0 Å². The van der Waals surface area contributed by atoms with Crippen LogP contribution >= 0.6 is 11.3 Å². The van der Waals surface area contributed by atoms with E-state index in [4.69, 9.17) is 4.74 Å². The Balaban J connectivity index is 2.00. The van der Waals surface area contributed by atoms with Crippen molar-refractivity contribution in [3.8, 4) is 11.5 Å². The van der Waals surface area contributed by atoms with Gasteiger partial charge in [-0.1, -0.05) is 6.07 Å². The van der Waals surface area contributed by atoms with Crippen molar-refractivity contribution >= 4 is 17.3 Å². The molecular formula is C17H23N3O2S. The second-order valence-electron chi connectivity index (χ2n) is 5.08. The summed E-state index contributed by atoms with van der Waals surface area (Å²) >= 11 is 1.74. The number of hydrogen-bond acceptors (Lipinski definition) is 4. The smallest absolute Gasteiger partial charge is 0.191 e. The number of guanidine groups is 1. The topological polar surface area (TPSA) is 65.9 Å². The van der Waals surface area contributed by atoms with Crippen molar-refractivity contribution in [1.82, 2.24) is 10.6 Å². The van der Waals surface area contributed by atoms with E-state index in [0.717, 1.165) is 24.6 Å². The molecule has 6 heteroatoms. The number of aromatic hydroxyl groups is 1. The first-order valence-electron chi connectivity index (χ1n) is 7.55. The maximum absolute atomic E-state index is 9.82. The number of aliphatic imine (C=N–C) groups is 1. The van der Waals surface area contributed by atoms with E-state index in [1.165, 1.54) is 17.6 Å². The van der Waals surface area contributed by atoms with Crippen molar-refractivity contribution in [2.45, 2.75) is 26.9 Å². The maximum Gasteiger partial charge on any atom is 0.191 e. The Kier molecular flexibility index (Phi) is 6.29. The number of hydrogen-bond donors (Lipinski definition) is 3. The molecule has 5 nitrogen and oxygen atoms in total. The summed E-state index contributed by atoms with van der Waals surface area (Å²) in [6.45, 7) is 6.17. The van der Waals surface area contributed by atoms with Crippen LogP contribution in [0.1, 0.15) is 22.9 Å². The Bertz CT molecular complexity index is 668. The lowest BCUT2D eigenvalue weighted by Crippen LogP contribution is -2.36. The highest BCUT2D eigenvalue weighted by Crippen LogP contribution is 2.26. The van der Waals surface area contributed by atoms with Gasteiger partial charge in [-0.05, 0) is 48.6 Å². The summed E-state index contributed by atoms with van der Waals surface area (Å²) in [6, 6.07) is 7.44. The highest BCUT2D eigenvalue weighted by atomic mass is 32.1. The second-order valence-corrected chi connectivity index (χ2v) is 6.08. The summed E-state index contributed by atoms with van der Waals surface area (Å²) in [4.78, 5) is 5.86. The van der Waals surface area contributed by atoms with Gasteiger partial charge in [0.25, 0.3) is 0 Å². The Labute approximate surface area is 141 Å². The lowest BCUT2D eigenvalue weighted by atomic mass is 10.2. The van der Waals surface area contributed by atoms with Gasteiger partial charge in [0.1, 0.15) is 0 Å². The van der Waals surface area contributed by atoms with Crippen LogP contribution in [0.2, 0.25) is 0 Å². The lowest BCUT2D eigenvalue weighted by Gasteiger charge is -2.11. The molecule has 1 aromatic carbocycles. The predicted octanol–water partition coefficient (Wildman–Crippen LogP) is 3.03. The molecule has 0 aliphatic carbocycles. The molecule has 2 aromatic rings. The predicted molar refractivity (Wildman–Crippen MR) is 95.4 cm³/mol. The number of nitrogens with zero attached hydrogens (tertiary/aromatic N) is 1. The van der Waals surface area contributed by atoms with E-state index < -0.39 is 0 Å². The summed E-state index contributed by atoms with van der Waals surface area (Å²) in [6.07, 6.45) is 0. The minimum absolute atomic E-state index is 0.132. The summed E-state index contributed by atoms with van der Waals surface area (Å²) in [5, 5.41) is 18.5. The average Bonchev–Trinajstić information content (AvgIpc) is 2.95. The fourth-order valence-electron chi connectivity index (χ4n) is 2.10. The van der Waals surface area contributed by atoms with E-state index in [2.05, 4.69) is 34.0 Å². The van der Waals surface area contributed by atoms with Crippen LogP contribution in [0.4, 0.5) is 0 Å². The van der Waals surface area contributed by atoms with Crippen LogP contribution in [-0.4, -0.2) is 24.7 Å². The first-order chi connectivity index (χ1) is 11.1. The van der Waals surface area contributed by atoms with Crippen molar-refractivity contribution in [2.75, 3.05) is 13.7 Å². The van der Waals surface area contributed by atoms with Crippen LogP contribution in [0.3, 0.4) is 0 Å². The Morgan fingerprint density at radius 3 is 2.74 bits per heavy atom. The molecule has 1 heterocycles. The molecule has 0 aliphatic heterocycles. The van der Waals surface area contributed by atoms with Crippen molar-refractivity contribution in [3.05, 3.63) is 45.6 Å². The van der Waals surface area contributed by atoms with Crippen LogP contribution in [0.5, 0.6) is 11.5 Å². The maximum atomic E-state index is 9.82. The van der Waals surface area contributed by atoms with Gasteiger partial charge >= 0.3 is 0 Å². The fraction of sp³-hybridized carbons (Fsp3) is 0.353. The molecule has 23 heavy (non-hydrogen) atoms. The average molecular weight is 333 g/mol. The van der Waals surface area contributed by atoms with Crippen LogP contribution in [0, 0.1) is 6.92 Å². The minimum atomic E-state index is 0.132. The van der Waals surface area contributed by atoms with Gasteiger partial charge in [-0.2, -0.15) is 0 Å². The van der Waals surface area contributed by atoms with Gasteiger partial charge in [-0.3, -0.25) is 0 Å². The minimum Gasteiger partial charge on any atom is -0.504 e. The van der Waals surface area contributed by atoms with Gasteiger partial charge in [-0.15, -0.1) is 11.3 Å². The van der Waals surface area contributed by atoms with Gasteiger partial charge in [0, 0.05) is 11.4 Å². The van der Waals surface area contributed by atoms with E-state index in [1.807, 2.05) is 13.0 Å². The Morgan fingerprint density at radius 1 is 1.30 bits per heavy atom. The quantitative estimate of drug-likeness (QED) is 0.561. The normalized spacial score (nSPS) is 11.3. The van der Waals surface area contributed by atoms with E-state index in [0.29, 0.717) is 12.3 Å². The highest BCUT2D eigenvalue weighted by Gasteiger charge is 2.04. The number of ether oxygens (including phenoxy) is 1. The standard InChI is InChI=1S/C17H23N3O2S/c1-4-18-17(20-11-16-12(2)7-8-23-16)19-10-13-5-6-15(22-3)14(21)9-13/h5-9,21H,4,10-11H2,1-3H3,(H2,18,19,20). The zero-order valence-electron chi connectivity index (χ0n) is 13.7. The molecule has 0 radical (unpaired) electrons. The van der Waals surface area contributed by atoms with E-state index in [1.54, 1.807) is 23.5 Å². The number of phenols is 1. The third kappa shape index (κ3) is 4.89. The zero-order chi connectivity index (χ0) is 16.7. The van der Waals surface area contributed by atoms with Gasteiger partial charge in [-0.25, -0.2) is 4.99 Å². The molecule has 124 valence electrons. The number of aryl methyl sites for hydroxylation is 1. The van der Waals surface area contributed by atoms with Crippen LogP contribution in [-0.2, 0) is 13.1 Å². The molecule has 0 aliphatic rings. The fourth-order valence-corrected chi connectivity index (χ4v) is 2.94. The monoisotopic (exact) mass is 333 g/mol. The SMILES string of the molecule is CCNC(=NCc1ccc(OC)c(O)c1)NCc1sccc1C. The molecule has 3 N–H and O–H groups in total. The Hall–Kier alpha value is -2.21. The summed E-state index contributed by atoms with van der Waals surface area (Å²) in [5.74, 6) is 1.36. The van der Waals surface area contributed by atoms with Crippen molar-refractivity contribution < 1.29 is 9.84 Å². The molecule has 0 bridgehead atoms. The molecule has 0 amide bonds. The van der Waals surface area contributed by atoms with Gasteiger partial charge in [0.05, 0.1) is 20.2 Å². The molecular weight excluding hydrogens is 310 g/mol. The first-order valence-corrected chi connectivity index (χ1v) is 8.43. The number of phenolic OH excluding ortho intramolecular Hbond substituents is 1. The molecule has 0 atom stereocenters. The van der Waals surface area contributed by atoms with Crippen molar-refractivity contribution in [3.63, 3.8) is 0 Å².